The van der Waals surface area contributed by atoms with Crippen molar-refractivity contribution in [3.63, 3.8) is 0 Å². The highest BCUT2D eigenvalue weighted by Crippen LogP contribution is 2.48. The lowest BCUT2D eigenvalue weighted by atomic mass is 9.96. The molecule has 14 aromatic carbocycles. The van der Waals surface area contributed by atoms with Gasteiger partial charge in [0.05, 0.1) is 44.6 Å². The van der Waals surface area contributed by atoms with Gasteiger partial charge in [-0.05, 0) is 48.5 Å². The van der Waals surface area contributed by atoms with Crippen molar-refractivity contribution < 1.29 is 22.0 Å². The third kappa shape index (κ3) is 12.9. The van der Waals surface area contributed by atoms with Gasteiger partial charge in [-0.15, -0.1) is 0 Å². The predicted molar refractivity (Wildman–Crippen MR) is 444 cm³/mol. The van der Waals surface area contributed by atoms with E-state index in [4.69, 9.17) is 59.8 Å². The van der Waals surface area contributed by atoms with Crippen molar-refractivity contribution in [2.45, 2.75) is 6.18 Å². The van der Waals surface area contributed by atoms with Crippen LogP contribution in [0, 0.1) is 11.6 Å². The van der Waals surface area contributed by atoms with Crippen LogP contribution in [-0.4, -0.2) is 68.9 Å². The summed E-state index contributed by atoms with van der Waals surface area (Å²) in [6, 6.07) is 104. The van der Waals surface area contributed by atoms with E-state index in [1.165, 1.54) is 6.07 Å². The Kier molecular flexibility index (Phi) is 17.3. The van der Waals surface area contributed by atoms with E-state index in [-0.39, 0.29) is 34.7 Å². The van der Waals surface area contributed by atoms with Crippen LogP contribution in [0.1, 0.15) is 5.56 Å². The quantitative estimate of drug-likeness (QED) is 0.0894. The molecule has 0 spiro atoms. The number of halogens is 5. The molecule has 0 fully saturated rings. The molecule has 0 aliphatic heterocycles. The second kappa shape index (κ2) is 28.9. The predicted octanol–water partition coefficient (Wildman–Crippen LogP) is 23.6. The Morgan fingerprint density at radius 2 is 0.397 bits per heavy atom. The summed E-state index contributed by atoms with van der Waals surface area (Å²) in [5.41, 5.74) is 6.11. The highest BCUT2D eigenvalue weighted by molar-refractivity contribution is 6.14. The summed E-state index contributed by atoms with van der Waals surface area (Å²) in [5, 5.41) is 2.42. The van der Waals surface area contributed by atoms with Gasteiger partial charge >= 0.3 is 6.18 Å². The molecule has 0 bridgehead atoms. The highest BCUT2D eigenvalue weighted by Gasteiger charge is 2.38. The maximum atomic E-state index is 17.3. The van der Waals surface area contributed by atoms with Crippen LogP contribution in [0.5, 0.6) is 0 Å². The summed E-state index contributed by atoms with van der Waals surface area (Å²) >= 11 is 0. The first-order valence-electron chi connectivity index (χ1n) is 37.3. The topological polar surface area (TPSA) is 165 Å². The molecule has 6 aromatic heterocycles. The van der Waals surface area contributed by atoms with Gasteiger partial charge in [0.15, 0.2) is 69.9 Å². The minimum absolute atomic E-state index is 0.0338. The Bertz CT molecular complexity index is 6570. The SMILES string of the molecule is Fc1cccc(F)c1-c1cc(-n2c3cc(-c4nc(-c5ccccc5)nc(-c5ccccc5)n4)ccc3c3ccc(-c4nc(-c5ccccc5)nc(-c5ccccc5)n4)cc32)c(-n2c3cc(-c4nc(-c5ccccc5)nc(-c5ccccc5)n4)ccc3c3ccc(-c4nc(-c5ccccc5)nc(-c5ccccc5)n4)cc32)cc1C(F)(F)F. The first-order valence-corrected chi connectivity index (χ1v) is 37.3. The Labute approximate surface area is 659 Å². The van der Waals surface area contributed by atoms with Gasteiger partial charge < -0.3 is 9.13 Å². The van der Waals surface area contributed by atoms with Crippen molar-refractivity contribution in [2.24, 2.45) is 0 Å². The highest BCUT2D eigenvalue weighted by atomic mass is 19.4. The molecule has 20 aromatic rings. The molecule has 550 valence electrons. The molecule has 0 unspecified atom stereocenters. The summed E-state index contributed by atoms with van der Waals surface area (Å²) in [5.74, 6) is 1.57. The number of nitrogens with zero attached hydrogens (tertiary/aromatic N) is 14. The van der Waals surface area contributed by atoms with Gasteiger partial charge in [0.1, 0.15) is 11.6 Å². The summed E-state index contributed by atoms with van der Waals surface area (Å²) in [6.45, 7) is 0. The lowest BCUT2D eigenvalue weighted by molar-refractivity contribution is -0.137. The maximum absolute atomic E-state index is 17.3. The molecular formula is C97H57F5N14. The average molecular weight is 1510 g/mol. The fraction of sp³-hybridized carbons (Fsp3) is 0.0103. The molecule has 0 aliphatic rings. The number of benzene rings is 14. The van der Waals surface area contributed by atoms with Crippen LogP contribution in [0.15, 0.2) is 346 Å². The fourth-order valence-electron chi connectivity index (χ4n) is 15.0. The van der Waals surface area contributed by atoms with E-state index < -0.39 is 34.5 Å². The number of hydrogen-bond donors (Lipinski definition) is 0. The monoisotopic (exact) mass is 1510 g/mol. The normalized spacial score (nSPS) is 11.7. The standard InChI is InChI=1S/C97H57F5N14/c98-76-42-25-43-77(99)84(76)74-56-82(115-78-52-66(93-107-85(58-26-9-1-10-27-58)103-86(108-93)59-28-11-2-12-29-59)44-48-70(78)71-49-45-67(53-79(71)115)94-109-87(60-30-13-3-14-31-60)104-88(110-94)61-32-15-4-16-33-61)83(57-75(74)97(100,101)102)116-80-54-68(95-111-89(62-34-17-5-18-35-62)105-90(112-95)63-36-19-6-20-37-63)46-50-72(80)73-51-47-69(55-81(73)116)96-113-91(64-38-21-7-22-39-64)106-92(114-96)65-40-23-8-24-41-65/h1-57H. The van der Waals surface area contributed by atoms with Crippen molar-refractivity contribution in [2.75, 3.05) is 0 Å². The van der Waals surface area contributed by atoms with Crippen molar-refractivity contribution in [3.05, 3.63) is 363 Å². The van der Waals surface area contributed by atoms with Crippen LogP contribution < -0.4 is 0 Å². The zero-order chi connectivity index (χ0) is 78.0. The van der Waals surface area contributed by atoms with Crippen molar-refractivity contribution in [1.29, 1.82) is 0 Å². The number of hydrogen-bond acceptors (Lipinski definition) is 12. The Hall–Kier alpha value is -15.6. The lowest BCUT2D eigenvalue weighted by Crippen LogP contribution is -2.13. The molecule has 19 heteroatoms. The molecule has 14 nitrogen and oxygen atoms in total. The molecule has 0 aliphatic carbocycles. The van der Waals surface area contributed by atoms with E-state index in [2.05, 4.69) is 0 Å². The van der Waals surface area contributed by atoms with Gasteiger partial charge in [0, 0.05) is 93.9 Å². The molecule has 0 radical (unpaired) electrons. The van der Waals surface area contributed by atoms with Crippen LogP contribution in [0.25, 0.3) is 203 Å². The smallest absolute Gasteiger partial charge is 0.307 e. The van der Waals surface area contributed by atoms with Crippen molar-refractivity contribution in [3.8, 4) is 159 Å². The van der Waals surface area contributed by atoms with Crippen molar-refractivity contribution >= 4 is 43.6 Å². The number of aromatic nitrogens is 14. The van der Waals surface area contributed by atoms with E-state index in [1.54, 1.807) is 4.57 Å². The second-order valence-corrected chi connectivity index (χ2v) is 27.7. The molecule has 116 heavy (non-hydrogen) atoms. The summed E-state index contributed by atoms with van der Waals surface area (Å²) in [6.07, 6.45) is -5.29. The van der Waals surface area contributed by atoms with Crippen LogP contribution in [0.3, 0.4) is 0 Å². The Balaban J connectivity index is 0.932. The van der Waals surface area contributed by atoms with Gasteiger partial charge in [0.2, 0.25) is 0 Å². The zero-order valence-electron chi connectivity index (χ0n) is 61.1. The van der Waals surface area contributed by atoms with Crippen LogP contribution in [-0.2, 0) is 6.18 Å². The molecule has 0 saturated carbocycles. The average Bonchev–Trinajstić information content (AvgIpc) is 1.55. The molecule has 0 atom stereocenters. The van der Waals surface area contributed by atoms with Gasteiger partial charge in [-0.2, -0.15) is 13.2 Å². The first-order chi connectivity index (χ1) is 56.9. The van der Waals surface area contributed by atoms with E-state index in [9.17, 15) is 0 Å². The molecular weight excluding hydrogens is 1460 g/mol. The third-order valence-corrected chi connectivity index (χ3v) is 20.5. The fourth-order valence-corrected chi connectivity index (χ4v) is 15.0. The minimum Gasteiger partial charge on any atom is -0.307 e. The van der Waals surface area contributed by atoms with E-state index in [1.807, 2.05) is 320 Å². The minimum atomic E-state index is -5.29. The van der Waals surface area contributed by atoms with E-state index >= 15 is 22.0 Å². The lowest BCUT2D eigenvalue weighted by Gasteiger charge is -2.23. The molecule has 6 heterocycles. The zero-order valence-corrected chi connectivity index (χ0v) is 61.1. The van der Waals surface area contributed by atoms with Gasteiger partial charge in [0.25, 0.3) is 0 Å². The largest absolute Gasteiger partial charge is 0.417 e. The Morgan fingerprint density at radius 1 is 0.198 bits per heavy atom. The van der Waals surface area contributed by atoms with Crippen LogP contribution in [0.4, 0.5) is 22.0 Å². The summed E-state index contributed by atoms with van der Waals surface area (Å²) in [4.78, 5) is 61.5. The molecule has 0 N–H and O–H groups in total. The van der Waals surface area contributed by atoms with Gasteiger partial charge in [-0.3, -0.25) is 0 Å². The second-order valence-electron chi connectivity index (χ2n) is 27.7. The van der Waals surface area contributed by atoms with Crippen LogP contribution >= 0.6 is 0 Å². The van der Waals surface area contributed by atoms with E-state index in [0.717, 1.165) is 24.3 Å². The first kappa shape index (κ1) is 69.6. The molecule has 20 rings (SSSR count). The number of rotatable bonds is 15. The molecule has 0 amide bonds. The molecule has 0 saturated heterocycles. The van der Waals surface area contributed by atoms with Crippen molar-refractivity contribution in [1.82, 2.24) is 68.9 Å². The number of alkyl halides is 3. The van der Waals surface area contributed by atoms with Gasteiger partial charge in [-0.25, -0.2) is 68.6 Å². The number of fused-ring (bicyclic) bond motifs is 6. The summed E-state index contributed by atoms with van der Waals surface area (Å²) < 4.78 is 89.9. The van der Waals surface area contributed by atoms with Gasteiger partial charge in [-0.1, -0.05) is 297 Å². The Morgan fingerprint density at radius 3 is 0.603 bits per heavy atom. The summed E-state index contributed by atoms with van der Waals surface area (Å²) in [7, 11) is 0. The third-order valence-electron chi connectivity index (χ3n) is 20.5. The maximum Gasteiger partial charge on any atom is 0.417 e. The van der Waals surface area contributed by atoms with Crippen LogP contribution in [0.2, 0.25) is 0 Å². The van der Waals surface area contributed by atoms with E-state index in [0.29, 0.717) is 157 Å².